The van der Waals surface area contributed by atoms with Gasteiger partial charge in [0.25, 0.3) is 11.8 Å². The highest BCUT2D eigenvalue weighted by molar-refractivity contribution is 6.18. The molecule has 0 atom stereocenters. The number of amides is 2. The molecular formula is C18H14N4O2. The Labute approximate surface area is 137 Å². The summed E-state index contributed by atoms with van der Waals surface area (Å²) in [6.07, 6.45) is 1.63. The van der Waals surface area contributed by atoms with Crippen LogP contribution in [0.1, 0.15) is 26.3 Å². The van der Waals surface area contributed by atoms with Crippen molar-refractivity contribution in [1.29, 1.82) is 0 Å². The summed E-state index contributed by atoms with van der Waals surface area (Å²) in [5.74, 6) is -0.581. The Bertz CT molecular complexity index is 1000. The van der Waals surface area contributed by atoms with Crippen LogP contribution in [0.5, 0.6) is 0 Å². The molecule has 1 aliphatic rings. The lowest BCUT2D eigenvalue weighted by Gasteiger charge is -2.05. The van der Waals surface area contributed by atoms with E-state index in [1.54, 1.807) is 25.4 Å². The number of aromatic nitrogens is 1. The first-order chi connectivity index (χ1) is 11.7. The maximum absolute atomic E-state index is 12.3. The van der Waals surface area contributed by atoms with Crippen LogP contribution in [-0.4, -0.2) is 30.1 Å². The molecule has 3 aromatic rings. The summed E-state index contributed by atoms with van der Waals surface area (Å²) in [5.41, 5.74) is 6.73. The van der Waals surface area contributed by atoms with Crippen LogP contribution in [0.25, 0.3) is 22.2 Å². The van der Waals surface area contributed by atoms with Crippen LogP contribution < -0.4 is 10.7 Å². The van der Waals surface area contributed by atoms with Gasteiger partial charge in [-0.1, -0.05) is 30.3 Å². The minimum Gasteiger partial charge on any atom is -0.355 e. The summed E-state index contributed by atoms with van der Waals surface area (Å²) < 4.78 is 0. The molecular weight excluding hydrogens is 304 g/mol. The van der Waals surface area contributed by atoms with E-state index < -0.39 is 0 Å². The molecule has 0 bridgehead atoms. The number of rotatable bonds is 2. The van der Waals surface area contributed by atoms with E-state index in [9.17, 15) is 9.59 Å². The Morgan fingerprint density at radius 3 is 2.71 bits per heavy atom. The zero-order valence-electron chi connectivity index (χ0n) is 12.9. The first kappa shape index (κ1) is 14.2. The number of nitrogens with zero attached hydrogens (tertiary/aromatic N) is 1. The third-order valence-corrected chi connectivity index (χ3v) is 4.09. The topological polar surface area (TPSA) is 86.3 Å². The van der Waals surface area contributed by atoms with Crippen LogP contribution in [0.4, 0.5) is 0 Å². The summed E-state index contributed by atoms with van der Waals surface area (Å²) in [6, 6.07) is 13.1. The number of hydrogen-bond donors (Lipinski definition) is 3. The second-order valence-electron chi connectivity index (χ2n) is 5.50. The molecule has 4 rings (SSSR count). The Balaban J connectivity index is 2.07. The molecule has 2 aromatic carbocycles. The van der Waals surface area contributed by atoms with Gasteiger partial charge in [-0.25, -0.2) is 5.43 Å². The van der Waals surface area contributed by atoms with Gasteiger partial charge in [0, 0.05) is 29.1 Å². The zero-order chi connectivity index (χ0) is 16.7. The summed E-state index contributed by atoms with van der Waals surface area (Å²) in [7, 11) is 1.56. The lowest BCUT2D eigenvalue weighted by atomic mass is 10.00. The van der Waals surface area contributed by atoms with Gasteiger partial charge in [-0.05, 0) is 17.7 Å². The summed E-state index contributed by atoms with van der Waals surface area (Å²) in [5, 5.41) is 7.35. The van der Waals surface area contributed by atoms with E-state index in [2.05, 4.69) is 20.8 Å². The van der Waals surface area contributed by atoms with Gasteiger partial charge in [0.15, 0.2) is 0 Å². The number of aromatic amines is 1. The van der Waals surface area contributed by atoms with Gasteiger partial charge in [-0.3, -0.25) is 9.59 Å². The Morgan fingerprint density at radius 2 is 1.96 bits per heavy atom. The van der Waals surface area contributed by atoms with Gasteiger partial charge < -0.3 is 10.3 Å². The van der Waals surface area contributed by atoms with Gasteiger partial charge in [0.1, 0.15) is 0 Å². The highest BCUT2D eigenvalue weighted by atomic mass is 16.2. The van der Waals surface area contributed by atoms with E-state index >= 15 is 0 Å². The minimum atomic E-state index is -0.334. The molecule has 0 radical (unpaired) electrons. The van der Waals surface area contributed by atoms with Crippen molar-refractivity contribution in [2.75, 3.05) is 7.05 Å². The van der Waals surface area contributed by atoms with Crippen molar-refractivity contribution < 1.29 is 9.59 Å². The van der Waals surface area contributed by atoms with Crippen molar-refractivity contribution in [3.63, 3.8) is 0 Å². The van der Waals surface area contributed by atoms with Crippen molar-refractivity contribution >= 4 is 28.9 Å². The first-order valence-corrected chi connectivity index (χ1v) is 7.49. The molecule has 0 saturated heterocycles. The van der Waals surface area contributed by atoms with E-state index in [1.807, 2.05) is 30.3 Å². The number of benzene rings is 2. The van der Waals surface area contributed by atoms with Crippen LogP contribution >= 0.6 is 0 Å². The molecule has 24 heavy (non-hydrogen) atoms. The van der Waals surface area contributed by atoms with Gasteiger partial charge in [0.05, 0.1) is 17.5 Å². The third-order valence-electron chi connectivity index (χ3n) is 4.09. The molecule has 0 spiro atoms. The summed E-state index contributed by atoms with van der Waals surface area (Å²) in [4.78, 5) is 27.7. The second-order valence-corrected chi connectivity index (χ2v) is 5.50. The Kier molecular flexibility index (Phi) is 3.16. The Morgan fingerprint density at radius 1 is 1.17 bits per heavy atom. The van der Waals surface area contributed by atoms with Crippen LogP contribution in [0.2, 0.25) is 0 Å². The first-order valence-electron chi connectivity index (χ1n) is 7.49. The van der Waals surface area contributed by atoms with Crippen LogP contribution in [0.3, 0.4) is 0 Å². The third kappa shape index (κ3) is 2.08. The maximum Gasteiger partial charge on any atom is 0.272 e. The van der Waals surface area contributed by atoms with Crippen LogP contribution in [0.15, 0.2) is 47.6 Å². The fourth-order valence-corrected chi connectivity index (χ4v) is 2.99. The molecule has 0 fully saturated rings. The lowest BCUT2D eigenvalue weighted by molar-refractivity contribution is 0.0957. The van der Waals surface area contributed by atoms with E-state index in [-0.39, 0.29) is 11.8 Å². The highest BCUT2D eigenvalue weighted by Crippen LogP contribution is 2.33. The number of carbonyl (C=O) groups excluding carboxylic acids is 2. The van der Waals surface area contributed by atoms with Crippen molar-refractivity contribution in [1.82, 2.24) is 15.7 Å². The summed E-state index contributed by atoms with van der Waals surface area (Å²) in [6.45, 7) is 0. The number of hydrogen-bond acceptors (Lipinski definition) is 3. The average molecular weight is 318 g/mol. The zero-order valence-corrected chi connectivity index (χ0v) is 12.9. The van der Waals surface area contributed by atoms with E-state index in [4.69, 9.17) is 0 Å². The average Bonchev–Trinajstić information content (AvgIpc) is 2.90. The van der Waals surface area contributed by atoms with E-state index in [0.717, 1.165) is 27.7 Å². The number of carbonyl (C=O) groups is 2. The molecule has 2 heterocycles. The molecule has 6 nitrogen and oxygen atoms in total. The van der Waals surface area contributed by atoms with Crippen molar-refractivity contribution in [2.24, 2.45) is 5.10 Å². The fraction of sp³-hybridized carbons (Fsp3) is 0.0556. The number of nitrogens with one attached hydrogen (secondary N) is 3. The molecule has 3 N–H and O–H groups in total. The molecule has 1 aromatic heterocycles. The van der Waals surface area contributed by atoms with E-state index in [0.29, 0.717) is 11.1 Å². The summed E-state index contributed by atoms with van der Waals surface area (Å²) >= 11 is 0. The monoisotopic (exact) mass is 318 g/mol. The van der Waals surface area contributed by atoms with Crippen molar-refractivity contribution in [3.8, 4) is 11.3 Å². The van der Waals surface area contributed by atoms with Gasteiger partial charge in [-0.15, -0.1) is 0 Å². The van der Waals surface area contributed by atoms with Crippen molar-refractivity contribution in [2.45, 2.75) is 0 Å². The predicted molar refractivity (Wildman–Crippen MR) is 92.2 cm³/mol. The second kappa shape index (κ2) is 5.34. The van der Waals surface area contributed by atoms with Crippen LogP contribution in [-0.2, 0) is 0 Å². The smallest absolute Gasteiger partial charge is 0.272 e. The standard InChI is InChI=1S/C18H14N4O2/c1-19-17(23)11-7-12-15-13(9-20-22-18(12)24)16(21-14(15)8-11)10-5-3-2-4-6-10/h2-9,21H,1H3,(H,19,23)(H,22,24). The number of hydrazone groups is 1. The minimum absolute atomic E-state index is 0.247. The number of H-pyrrole nitrogens is 1. The van der Waals surface area contributed by atoms with Crippen molar-refractivity contribution in [3.05, 3.63) is 59.2 Å². The quantitative estimate of drug-likeness (QED) is 0.677. The Hall–Kier alpha value is -3.41. The van der Waals surface area contributed by atoms with Gasteiger partial charge in [0.2, 0.25) is 0 Å². The van der Waals surface area contributed by atoms with Gasteiger partial charge >= 0.3 is 0 Å². The SMILES string of the molecule is CNC(=O)c1cc2c3c(c(-c4ccccc4)[nH]c3c1)C=NNC2=O. The van der Waals surface area contributed by atoms with Gasteiger partial charge in [-0.2, -0.15) is 5.10 Å². The van der Waals surface area contributed by atoms with Crippen LogP contribution in [0, 0.1) is 0 Å². The molecule has 0 unspecified atom stereocenters. The molecule has 1 aliphatic heterocycles. The predicted octanol–water partition coefficient (Wildman–Crippen LogP) is 2.27. The molecule has 118 valence electrons. The normalized spacial score (nSPS) is 12.8. The highest BCUT2D eigenvalue weighted by Gasteiger charge is 2.23. The molecule has 0 aliphatic carbocycles. The molecule has 2 amide bonds. The largest absolute Gasteiger partial charge is 0.355 e. The molecule has 0 saturated carbocycles. The lowest BCUT2D eigenvalue weighted by Crippen LogP contribution is -2.20. The maximum atomic E-state index is 12.3. The fourth-order valence-electron chi connectivity index (χ4n) is 2.99. The van der Waals surface area contributed by atoms with E-state index in [1.165, 1.54) is 0 Å². The molecule has 6 heteroatoms.